The second-order valence-corrected chi connectivity index (χ2v) is 8.49. The Kier molecular flexibility index (Phi) is 5.32. The average Bonchev–Trinajstić information content (AvgIpc) is 3.23. The quantitative estimate of drug-likeness (QED) is 0.832. The molecule has 2 unspecified atom stereocenters. The van der Waals surface area contributed by atoms with E-state index in [1.165, 1.54) is 24.0 Å². The van der Waals surface area contributed by atoms with Gasteiger partial charge in [-0.05, 0) is 69.2 Å². The fourth-order valence-electron chi connectivity index (χ4n) is 4.94. The smallest absolute Gasteiger partial charge is 0.233 e. The second-order valence-electron chi connectivity index (χ2n) is 8.49. The number of rotatable bonds is 4. The molecule has 4 nitrogen and oxygen atoms in total. The number of hydrogen-bond acceptors (Lipinski definition) is 3. The summed E-state index contributed by atoms with van der Waals surface area (Å²) in [6.07, 6.45) is 5.52. The van der Waals surface area contributed by atoms with Crippen molar-refractivity contribution in [3.8, 4) is 0 Å². The van der Waals surface area contributed by atoms with E-state index >= 15 is 0 Å². The van der Waals surface area contributed by atoms with Gasteiger partial charge in [-0.25, -0.2) is 0 Å². The van der Waals surface area contributed by atoms with Gasteiger partial charge in [0.25, 0.3) is 0 Å². The van der Waals surface area contributed by atoms with E-state index in [0.717, 1.165) is 71.1 Å². The number of amides is 1. The van der Waals surface area contributed by atoms with Gasteiger partial charge in [0.2, 0.25) is 5.91 Å². The van der Waals surface area contributed by atoms with Gasteiger partial charge in [0.15, 0.2) is 0 Å². The molecule has 4 rings (SSSR count). The first-order chi connectivity index (χ1) is 12.7. The third-order valence-corrected chi connectivity index (χ3v) is 6.73. The van der Waals surface area contributed by atoms with Crippen molar-refractivity contribution in [2.75, 3.05) is 45.9 Å². The van der Waals surface area contributed by atoms with Gasteiger partial charge in [-0.15, -0.1) is 0 Å². The lowest BCUT2D eigenvalue weighted by molar-refractivity contribution is -0.136. The van der Waals surface area contributed by atoms with Crippen LogP contribution in [0, 0.1) is 5.92 Å². The number of nitrogens with zero attached hydrogens (tertiary/aromatic N) is 2. The molecule has 0 saturated carbocycles. The van der Waals surface area contributed by atoms with Gasteiger partial charge in [0.1, 0.15) is 0 Å². The third-order valence-electron chi connectivity index (χ3n) is 6.73. The molecular formula is C22H32N2O2. The van der Waals surface area contributed by atoms with Crippen LogP contribution in [0.25, 0.3) is 0 Å². The fourth-order valence-corrected chi connectivity index (χ4v) is 4.94. The zero-order chi connectivity index (χ0) is 18.0. The van der Waals surface area contributed by atoms with E-state index in [1.807, 2.05) is 0 Å². The maximum absolute atomic E-state index is 13.4. The monoisotopic (exact) mass is 356 g/mol. The Morgan fingerprint density at radius 1 is 1.23 bits per heavy atom. The number of hydrogen-bond donors (Lipinski definition) is 0. The first-order valence-electron chi connectivity index (χ1n) is 10.3. The molecule has 1 aromatic carbocycles. The van der Waals surface area contributed by atoms with E-state index in [-0.39, 0.29) is 5.41 Å². The van der Waals surface area contributed by atoms with E-state index in [4.69, 9.17) is 4.74 Å². The summed E-state index contributed by atoms with van der Waals surface area (Å²) in [6, 6.07) is 8.51. The summed E-state index contributed by atoms with van der Waals surface area (Å²) in [5.74, 6) is 1.08. The number of ether oxygens (including phenoxy) is 1. The predicted molar refractivity (Wildman–Crippen MR) is 103 cm³/mol. The van der Waals surface area contributed by atoms with Crippen molar-refractivity contribution in [2.45, 2.75) is 44.4 Å². The fraction of sp³-hybridized carbons (Fsp3) is 0.682. The summed E-state index contributed by atoms with van der Waals surface area (Å²) in [5.41, 5.74) is 2.29. The van der Waals surface area contributed by atoms with Crippen LogP contribution in [0.2, 0.25) is 0 Å². The molecule has 142 valence electrons. The summed E-state index contributed by atoms with van der Waals surface area (Å²) < 4.78 is 5.50. The Morgan fingerprint density at radius 2 is 2.12 bits per heavy atom. The minimum Gasteiger partial charge on any atom is -0.381 e. The number of fused-ring (bicyclic) bond motifs is 1. The van der Waals surface area contributed by atoms with Gasteiger partial charge in [0, 0.05) is 32.8 Å². The molecule has 2 heterocycles. The Labute approximate surface area is 157 Å². The Morgan fingerprint density at radius 3 is 2.96 bits per heavy atom. The standard InChI is InChI=1S/C22H32N2O2/c1-22(10-7-19-5-2-3-6-20(19)22)21(25)24-12-4-11-23(14-15-24)13-8-18-9-16-26-17-18/h2-3,5-6,18H,4,7-17H2,1H3. The first kappa shape index (κ1) is 18.0. The van der Waals surface area contributed by atoms with Crippen LogP contribution in [-0.4, -0.2) is 61.6 Å². The van der Waals surface area contributed by atoms with Crippen molar-refractivity contribution in [3.05, 3.63) is 35.4 Å². The molecule has 0 aromatic heterocycles. The van der Waals surface area contributed by atoms with Crippen LogP contribution in [0.3, 0.4) is 0 Å². The van der Waals surface area contributed by atoms with Crippen LogP contribution in [-0.2, 0) is 21.4 Å². The number of benzene rings is 1. The van der Waals surface area contributed by atoms with Crippen LogP contribution in [0.4, 0.5) is 0 Å². The summed E-state index contributed by atoms with van der Waals surface area (Å²) in [5, 5.41) is 0. The largest absolute Gasteiger partial charge is 0.381 e. The van der Waals surface area contributed by atoms with Gasteiger partial charge >= 0.3 is 0 Å². The van der Waals surface area contributed by atoms with Crippen molar-refractivity contribution in [2.24, 2.45) is 5.92 Å². The Bertz CT molecular complexity index is 641. The summed E-state index contributed by atoms with van der Waals surface area (Å²) in [4.78, 5) is 18.1. The highest BCUT2D eigenvalue weighted by atomic mass is 16.5. The molecule has 1 aromatic rings. The SMILES string of the molecule is CC1(C(=O)N2CCCN(CCC3CCOC3)CC2)CCc2ccccc21. The topological polar surface area (TPSA) is 32.8 Å². The van der Waals surface area contributed by atoms with Gasteiger partial charge in [-0.1, -0.05) is 24.3 Å². The summed E-state index contributed by atoms with van der Waals surface area (Å²) in [7, 11) is 0. The van der Waals surface area contributed by atoms with Crippen LogP contribution in [0.15, 0.2) is 24.3 Å². The number of carbonyl (C=O) groups is 1. The molecule has 2 fully saturated rings. The lowest BCUT2D eigenvalue weighted by atomic mass is 9.82. The van der Waals surface area contributed by atoms with E-state index in [9.17, 15) is 4.79 Å². The van der Waals surface area contributed by atoms with Crippen LogP contribution in [0.1, 0.15) is 43.7 Å². The van der Waals surface area contributed by atoms with Crippen molar-refractivity contribution < 1.29 is 9.53 Å². The first-order valence-corrected chi connectivity index (χ1v) is 10.3. The van der Waals surface area contributed by atoms with E-state index in [1.54, 1.807) is 0 Å². The Balaban J connectivity index is 1.36. The number of carbonyl (C=O) groups excluding carboxylic acids is 1. The molecule has 1 amide bonds. The lowest BCUT2D eigenvalue weighted by Crippen LogP contribution is -2.45. The van der Waals surface area contributed by atoms with Crippen molar-refractivity contribution >= 4 is 5.91 Å². The molecule has 4 heteroatoms. The minimum absolute atomic E-state index is 0.326. The zero-order valence-corrected chi connectivity index (χ0v) is 16.1. The van der Waals surface area contributed by atoms with Gasteiger partial charge in [0.05, 0.1) is 5.41 Å². The summed E-state index contributed by atoms with van der Waals surface area (Å²) >= 11 is 0. The van der Waals surface area contributed by atoms with Gasteiger partial charge in [-0.2, -0.15) is 0 Å². The van der Waals surface area contributed by atoms with E-state index in [2.05, 4.69) is 41.0 Å². The van der Waals surface area contributed by atoms with Crippen molar-refractivity contribution in [1.82, 2.24) is 9.80 Å². The molecule has 0 bridgehead atoms. The average molecular weight is 357 g/mol. The molecule has 26 heavy (non-hydrogen) atoms. The van der Waals surface area contributed by atoms with Crippen LogP contribution < -0.4 is 0 Å². The predicted octanol–water partition coefficient (Wildman–Crippen LogP) is 2.85. The highest BCUT2D eigenvalue weighted by Gasteiger charge is 2.43. The molecule has 0 N–H and O–H groups in total. The van der Waals surface area contributed by atoms with Crippen molar-refractivity contribution in [3.63, 3.8) is 0 Å². The molecule has 3 aliphatic rings. The molecular weight excluding hydrogens is 324 g/mol. The molecule has 0 radical (unpaired) electrons. The van der Waals surface area contributed by atoms with Crippen LogP contribution >= 0.6 is 0 Å². The van der Waals surface area contributed by atoms with E-state index in [0.29, 0.717) is 5.91 Å². The second kappa shape index (κ2) is 7.69. The maximum atomic E-state index is 13.4. The summed E-state index contributed by atoms with van der Waals surface area (Å²) in [6.45, 7) is 9.09. The third kappa shape index (κ3) is 3.54. The molecule has 2 aliphatic heterocycles. The molecule has 2 saturated heterocycles. The Hall–Kier alpha value is -1.39. The van der Waals surface area contributed by atoms with Crippen LogP contribution in [0.5, 0.6) is 0 Å². The lowest BCUT2D eigenvalue weighted by Gasteiger charge is -2.32. The normalized spacial score (nSPS) is 29.6. The highest BCUT2D eigenvalue weighted by molar-refractivity contribution is 5.89. The molecule has 1 aliphatic carbocycles. The number of aryl methyl sites for hydroxylation is 1. The van der Waals surface area contributed by atoms with E-state index < -0.39 is 0 Å². The van der Waals surface area contributed by atoms with Crippen molar-refractivity contribution in [1.29, 1.82) is 0 Å². The minimum atomic E-state index is -0.326. The zero-order valence-electron chi connectivity index (χ0n) is 16.1. The highest BCUT2D eigenvalue weighted by Crippen LogP contribution is 2.40. The van der Waals surface area contributed by atoms with Gasteiger partial charge < -0.3 is 14.5 Å². The van der Waals surface area contributed by atoms with Gasteiger partial charge in [-0.3, -0.25) is 4.79 Å². The molecule has 0 spiro atoms. The molecule has 2 atom stereocenters. The maximum Gasteiger partial charge on any atom is 0.233 e.